The van der Waals surface area contributed by atoms with E-state index in [2.05, 4.69) is 43.0 Å². The van der Waals surface area contributed by atoms with Gasteiger partial charge in [0.05, 0.1) is 12.3 Å². The molecular weight excluding hydrogens is 416 g/mol. The van der Waals surface area contributed by atoms with Gasteiger partial charge < -0.3 is 15.0 Å². The van der Waals surface area contributed by atoms with E-state index in [1.54, 1.807) is 29.8 Å². The number of aromatic nitrogens is 2. The zero-order valence-electron chi connectivity index (χ0n) is 21.1. The third kappa shape index (κ3) is 7.42. The number of amides is 1. The van der Waals surface area contributed by atoms with Crippen LogP contribution in [0.4, 0.5) is 0 Å². The van der Waals surface area contributed by atoms with Crippen molar-refractivity contribution >= 4 is 11.9 Å². The van der Waals surface area contributed by atoms with Crippen LogP contribution in [0, 0.1) is 0 Å². The largest absolute Gasteiger partial charge is 0.461 e. The van der Waals surface area contributed by atoms with E-state index in [-0.39, 0.29) is 17.9 Å². The number of nitrogens with one attached hydrogen (secondary N) is 1. The summed E-state index contributed by atoms with van der Waals surface area (Å²) in [5, 5.41) is 7.59. The first kappa shape index (κ1) is 26.6. The molecule has 7 nitrogen and oxygen atoms in total. The molecule has 0 aliphatic carbocycles. The second-order valence-corrected chi connectivity index (χ2v) is 8.49. The summed E-state index contributed by atoms with van der Waals surface area (Å²) < 4.78 is 6.89. The van der Waals surface area contributed by atoms with Crippen LogP contribution in [-0.2, 0) is 4.74 Å². The van der Waals surface area contributed by atoms with Gasteiger partial charge >= 0.3 is 5.97 Å². The number of benzene rings is 1. The Morgan fingerprint density at radius 1 is 1.09 bits per heavy atom. The summed E-state index contributed by atoms with van der Waals surface area (Å²) in [5.74, 6) is -0.278. The number of carbonyl (C=O) groups is 2. The van der Waals surface area contributed by atoms with E-state index >= 15 is 0 Å². The van der Waals surface area contributed by atoms with Gasteiger partial charge in [-0.3, -0.25) is 4.79 Å². The summed E-state index contributed by atoms with van der Waals surface area (Å²) >= 11 is 0. The molecule has 0 fully saturated rings. The van der Waals surface area contributed by atoms with Gasteiger partial charge in [0.25, 0.3) is 5.91 Å². The number of nitrogens with zero attached hydrogens (tertiary/aromatic N) is 3. The van der Waals surface area contributed by atoms with Gasteiger partial charge in [-0.05, 0) is 89.0 Å². The number of hydrogen-bond acceptors (Lipinski definition) is 5. The van der Waals surface area contributed by atoms with Crippen molar-refractivity contribution < 1.29 is 14.3 Å². The molecule has 2 rings (SSSR count). The van der Waals surface area contributed by atoms with Crippen molar-refractivity contribution in [2.45, 2.75) is 72.8 Å². The highest BCUT2D eigenvalue weighted by molar-refractivity contribution is 5.94. The Hall–Kier alpha value is -2.67. The number of ether oxygens (including phenoxy) is 1. The minimum absolute atomic E-state index is 0.0771. The van der Waals surface area contributed by atoms with Crippen molar-refractivity contribution in [2.24, 2.45) is 0 Å². The third-order valence-electron chi connectivity index (χ3n) is 6.10. The fourth-order valence-corrected chi connectivity index (χ4v) is 3.76. The molecule has 33 heavy (non-hydrogen) atoms. The van der Waals surface area contributed by atoms with E-state index in [9.17, 15) is 9.59 Å². The Balaban J connectivity index is 2.08. The maximum atomic E-state index is 12.7. The monoisotopic (exact) mass is 456 g/mol. The second-order valence-electron chi connectivity index (χ2n) is 8.49. The predicted octanol–water partition coefficient (Wildman–Crippen LogP) is 4.80. The van der Waals surface area contributed by atoms with Crippen LogP contribution < -0.4 is 5.32 Å². The van der Waals surface area contributed by atoms with Crippen LogP contribution in [0.5, 0.6) is 0 Å². The minimum atomic E-state index is -0.424. The number of carbonyl (C=O) groups excluding carboxylic acids is 2. The van der Waals surface area contributed by atoms with Crippen LogP contribution in [0.25, 0.3) is 5.69 Å². The second kappa shape index (κ2) is 13.1. The van der Waals surface area contributed by atoms with Crippen LogP contribution in [0.1, 0.15) is 93.3 Å². The van der Waals surface area contributed by atoms with Crippen molar-refractivity contribution in [3.05, 3.63) is 47.3 Å². The normalized spacial score (nSPS) is 13.1. The zero-order valence-corrected chi connectivity index (χ0v) is 21.1. The van der Waals surface area contributed by atoms with Gasteiger partial charge in [-0.1, -0.05) is 27.7 Å². The summed E-state index contributed by atoms with van der Waals surface area (Å²) in [4.78, 5) is 27.3. The van der Waals surface area contributed by atoms with Crippen molar-refractivity contribution in [1.82, 2.24) is 20.0 Å². The first-order valence-electron chi connectivity index (χ1n) is 12.2. The van der Waals surface area contributed by atoms with E-state index in [1.807, 2.05) is 19.1 Å². The lowest BCUT2D eigenvalue weighted by Gasteiger charge is -2.20. The highest BCUT2D eigenvalue weighted by Gasteiger charge is 2.20. The van der Waals surface area contributed by atoms with E-state index in [0.29, 0.717) is 17.9 Å². The average Bonchev–Trinajstić information content (AvgIpc) is 3.27. The van der Waals surface area contributed by atoms with Crippen molar-refractivity contribution in [2.75, 3.05) is 26.2 Å². The topological polar surface area (TPSA) is 76.5 Å². The van der Waals surface area contributed by atoms with Crippen molar-refractivity contribution in [3.8, 4) is 5.69 Å². The van der Waals surface area contributed by atoms with Gasteiger partial charge in [0.2, 0.25) is 0 Å². The lowest BCUT2D eigenvalue weighted by Crippen LogP contribution is -2.33. The highest BCUT2D eigenvalue weighted by Crippen LogP contribution is 2.24. The molecule has 2 aromatic rings. The predicted molar refractivity (Wildman–Crippen MR) is 132 cm³/mol. The molecule has 1 N–H and O–H groups in total. The quantitative estimate of drug-likeness (QED) is 0.438. The van der Waals surface area contributed by atoms with Gasteiger partial charge in [-0.2, -0.15) is 5.10 Å². The molecule has 2 atom stereocenters. The molecule has 0 aliphatic rings. The highest BCUT2D eigenvalue weighted by atomic mass is 16.5. The molecule has 0 saturated carbocycles. The van der Waals surface area contributed by atoms with Crippen molar-refractivity contribution in [3.63, 3.8) is 0 Å². The molecule has 0 radical (unpaired) electrons. The van der Waals surface area contributed by atoms with Crippen LogP contribution in [0.3, 0.4) is 0 Å². The molecule has 0 unspecified atom stereocenters. The molecule has 0 bridgehead atoms. The van der Waals surface area contributed by atoms with E-state index in [4.69, 9.17) is 4.74 Å². The maximum absolute atomic E-state index is 12.7. The van der Waals surface area contributed by atoms with Gasteiger partial charge in [0.1, 0.15) is 0 Å². The van der Waals surface area contributed by atoms with Gasteiger partial charge in [-0.15, -0.1) is 0 Å². The molecular formula is C26H40N4O3. The molecule has 0 saturated heterocycles. The fourth-order valence-electron chi connectivity index (χ4n) is 3.76. The Morgan fingerprint density at radius 3 is 2.33 bits per heavy atom. The number of rotatable bonds is 13. The van der Waals surface area contributed by atoms with Crippen LogP contribution in [0.2, 0.25) is 0 Å². The first-order chi connectivity index (χ1) is 15.8. The minimum Gasteiger partial charge on any atom is -0.461 e. The molecule has 1 heterocycles. The van der Waals surface area contributed by atoms with E-state index in [1.165, 1.54) is 0 Å². The lowest BCUT2D eigenvalue weighted by atomic mass is 10.0. The molecule has 0 spiro atoms. The summed E-state index contributed by atoms with van der Waals surface area (Å²) in [6.07, 6.45) is 2.92. The number of hydrogen-bond donors (Lipinski definition) is 1. The van der Waals surface area contributed by atoms with Crippen LogP contribution in [0.15, 0.2) is 30.3 Å². The SMILES string of the molecule is CCOC(=O)c1cc([C@@H](C)CC)n(-c2ccc(C(=O)N[C@H](C)CCCN(CC)CC)cc2)n1. The smallest absolute Gasteiger partial charge is 0.358 e. The average molecular weight is 457 g/mol. The molecule has 1 amide bonds. The van der Waals surface area contributed by atoms with Crippen molar-refractivity contribution in [1.29, 1.82) is 0 Å². The fraction of sp³-hybridized carbons (Fsp3) is 0.577. The summed E-state index contributed by atoms with van der Waals surface area (Å²) in [6.45, 7) is 15.8. The standard InChI is InChI=1S/C26H40N4O3/c1-7-19(5)24-18-23(26(32)33-10-4)28-30(24)22-15-13-21(14-16-22)25(31)27-20(6)12-11-17-29(8-2)9-3/h13-16,18-20H,7-12,17H2,1-6H3,(H,27,31)/t19-,20+/m0/s1. The Morgan fingerprint density at radius 2 is 1.76 bits per heavy atom. The molecule has 1 aromatic carbocycles. The van der Waals surface area contributed by atoms with E-state index < -0.39 is 5.97 Å². The zero-order chi connectivity index (χ0) is 24.4. The molecule has 0 aliphatic heterocycles. The van der Waals surface area contributed by atoms with Crippen LogP contribution >= 0.6 is 0 Å². The van der Waals surface area contributed by atoms with Gasteiger partial charge in [0, 0.05) is 17.3 Å². The molecule has 1 aromatic heterocycles. The van der Waals surface area contributed by atoms with Gasteiger partial charge in [0.15, 0.2) is 5.69 Å². The Kier molecular flexibility index (Phi) is 10.6. The Labute approximate surface area is 198 Å². The molecule has 182 valence electrons. The number of esters is 1. The van der Waals surface area contributed by atoms with Gasteiger partial charge in [-0.25, -0.2) is 9.48 Å². The van der Waals surface area contributed by atoms with Crippen LogP contribution in [-0.4, -0.2) is 58.8 Å². The van der Waals surface area contributed by atoms with E-state index in [0.717, 1.165) is 50.3 Å². The lowest BCUT2D eigenvalue weighted by molar-refractivity contribution is 0.0518. The molecule has 7 heteroatoms. The maximum Gasteiger partial charge on any atom is 0.358 e. The Bertz CT molecular complexity index is 887. The summed E-state index contributed by atoms with van der Waals surface area (Å²) in [7, 11) is 0. The summed E-state index contributed by atoms with van der Waals surface area (Å²) in [5.41, 5.74) is 2.66. The third-order valence-corrected chi connectivity index (χ3v) is 6.10. The first-order valence-corrected chi connectivity index (χ1v) is 12.2. The summed E-state index contributed by atoms with van der Waals surface area (Å²) in [6, 6.07) is 9.26.